The first-order valence-electron chi connectivity index (χ1n) is 5.99. The lowest BCUT2D eigenvalue weighted by Crippen LogP contribution is -2.55. The Kier molecular flexibility index (Phi) is 2.93. The molecule has 16 heavy (non-hydrogen) atoms. The zero-order chi connectivity index (χ0) is 11.9. The van der Waals surface area contributed by atoms with Crippen LogP contribution >= 0.6 is 0 Å². The molecule has 1 heterocycles. The molecule has 4 atom stereocenters. The summed E-state index contributed by atoms with van der Waals surface area (Å²) in [6, 6.07) is 0. The number of amides is 1. The number of rotatable bonds is 1. The summed E-state index contributed by atoms with van der Waals surface area (Å²) >= 11 is 0. The van der Waals surface area contributed by atoms with Crippen LogP contribution in [0, 0.1) is 17.8 Å². The molecule has 0 radical (unpaired) electrons. The van der Waals surface area contributed by atoms with Gasteiger partial charge in [0, 0.05) is 18.8 Å². The van der Waals surface area contributed by atoms with Crippen molar-refractivity contribution in [2.45, 2.75) is 33.0 Å². The number of nitrogens with zero attached hydrogens (tertiary/aromatic N) is 1. The molecular formula is C12H21N3O. The molecule has 1 amide bonds. The minimum Gasteiger partial charge on any atom is -0.348 e. The molecule has 2 rings (SSSR count). The lowest BCUT2D eigenvalue weighted by atomic mass is 9.89. The van der Waals surface area contributed by atoms with E-state index in [9.17, 15) is 4.79 Å². The molecule has 0 aromatic heterocycles. The molecular weight excluding hydrogens is 202 g/mol. The SMILES string of the molecule is CC1CC(C)C(C2=CN(C)C(N)NC2=O)C1. The number of hydrogen-bond acceptors (Lipinski definition) is 3. The highest BCUT2D eigenvalue weighted by atomic mass is 16.2. The smallest absolute Gasteiger partial charge is 0.251 e. The van der Waals surface area contributed by atoms with Crippen molar-refractivity contribution < 1.29 is 4.79 Å². The van der Waals surface area contributed by atoms with Crippen LogP contribution in [-0.4, -0.2) is 24.1 Å². The van der Waals surface area contributed by atoms with E-state index in [0.29, 0.717) is 11.8 Å². The lowest BCUT2D eigenvalue weighted by Gasteiger charge is -2.32. The molecule has 4 heteroatoms. The van der Waals surface area contributed by atoms with Crippen LogP contribution in [0.3, 0.4) is 0 Å². The van der Waals surface area contributed by atoms with Crippen LogP contribution in [0.1, 0.15) is 26.7 Å². The molecule has 1 fully saturated rings. The first kappa shape index (κ1) is 11.5. The third kappa shape index (κ3) is 1.94. The van der Waals surface area contributed by atoms with Crippen LogP contribution in [0.4, 0.5) is 0 Å². The summed E-state index contributed by atoms with van der Waals surface area (Å²) in [5.74, 6) is 1.71. The fourth-order valence-corrected chi connectivity index (χ4v) is 2.94. The molecule has 3 N–H and O–H groups in total. The van der Waals surface area contributed by atoms with Crippen molar-refractivity contribution in [1.82, 2.24) is 10.2 Å². The van der Waals surface area contributed by atoms with Gasteiger partial charge in [-0.15, -0.1) is 0 Å². The Hall–Kier alpha value is -1.03. The summed E-state index contributed by atoms with van der Waals surface area (Å²) in [6.45, 7) is 4.49. The summed E-state index contributed by atoms with van der Waals surface area (Å²) in [4.78, 5) is 13.8. The Bertz CT molecular complexity index is 326. The predicted octanol–water partition coefficient (Wildman–Crippen LogP) is 0.856. The predicted molar refractivity (Wildman–Crippen MR) is 63.0 cm³/mol. The quantitative estimate of drug-likeness (QED) is 0.693. The first-order chi connectivity index (χ1) is 7.49. The van der Waals surface area contributed by atoms with E-state index in [1.165, 1.54) is 6.42 Å². The van der Waals surface area contributed by atoms with Crippen molar-refractivity contribution in [2.24, 2.45) is 23.5 Å². The van der Waals surface area contributed by atoms with Crippen molar-refractivity contribution in [3.05, 3.63) is 11.8 Å². The second-order valence-electron chi connectivity index (χ2n) is 5.33. The largest absolute Gasteiger partial charge is 0.348 e. The van der Waals surface area contributed by atoms with E-state index >= 15 is 0 Å². The molecule has 0 aromatic rings. The van der Waals surface area contributed by atoms with Gasteiger partial charge in [-0.1, -0.05) is 13.8 Å². The topological polar surface area (TPSA) is 58.4 Å². The summed E-state index contributed by atoms with van der Waals surface area (Å²) in [6.07, 6.45) is 3.86. The standard InChI is InChI=1S/C12H21N3O/c1-7-4-8(2)9(5-7)10-6-15(3)12(13)14-11(10)16/h6-9,12H,4-5,13H2,1-3H3,(H,14,16). The van der Waals surface area contributed by atoms with Gasteiger partial charge >= 0.3 is 0 Å². The van der Waals surface area contributed by atoms with Crippen molar-refractivity contribution in [3.8, 4) is 0 Å². The number of hydrogen-bond donors (Lipinski definition) is 2. The Morgan fingerprint density at radius 3 is 2.69 bits per heavy atom. The average Bonchev–Trinajstić information content (AvgIpc) is 2.51. The molecule has 4 unspecified atom stereocenters. The van der Waals surface area contributed by atoms with Gasteiger partial charge in [0.15, 0.2) is 6.29 Å². The van der Waals surface area contributed by atoms with Crippen molar-refractivity contribution in [1.29, 1.82) is 0 Å². The van der Waals surface area contributed by atoms with Crippen molar-refractivity contribution in [2.75, 3.05) is 7.05 Å². The third-order valence-corrected chi connectivity index (χ3v) is 3.84. The Labute approximate surface area is 96.9 Å². The highest BCUT2D eigenvalue weighted by Crippen LogP contribution is 2.40. The Morgan fingerprint density at radius 2 is 2.12 bits per heavy atom. The van der Waals surface area contributed by atoms with Gasteiger partial charge in [0.2, 0.25) is 0 Å². The molecule has 0 spiro atoms. The molecule has 0 saturated heterocycles. The molecule has 0 bridgehead atoms. The van der Waals surface area contributed by atoms with E-state index in [4.69, 9.17) is 5.73 Å². The van der Waals surface area contributed by atoms with E-state index in [1.54, 1.807) is 0 Å². The monoisotopic (exact) mass is 223 g/mol. The van der Waals surface area contributed by atoms with Gasteiger partial charge in [-0.05, 0) is 30.6 Å². The fourth-order valence-electron chi connectivity index (χ4n) is 2.94. The van der Waals surface area contributed by atoms with Crippen molar-refractivity contribution in [3.63, 3.8) is 0 Å². The maximum absolute atomic E-state index is 11.9. The molecule has 1 saturated carbocycles. The zero-order valence-corrected chi connectivity index (χ0v) is 10.2. The molecule has 4 nitrogen and oxygen atoms in total. The minimum atomic E-state index is -0.384. The van der Waals surface area contributed by atoms with Gasteiger partial charge in [0.05, 0.1) is 0 Å². The van der Waals surface area contributed by atoms with Crippen LogP contribution in [0.2, 0.25) is 0 Å². The second kappa shape index (κ2) is 4.09. The molecule has 1 aliphatic heterocycles. The van der Waals surface area contributed by atoms with Crippen LogP contribution in [0.15, 0.2) is 11.8 Å². The van der Waals surface area contributed by atoms with Gasteiger partial charge in [0.1, 0.15) is 0 Å². The normalized spacial score (nSPS) is 39.6. The second-order valence-corrected chi connectivity index (χ2v) is 5.33. The van der Waals surface area contributed by atoms with Gasteiger partial charge in [-0.3, -0.25) is 10.5 Å². The lowest BCUT2D eigenvalue weighted by molar-refractivity contribution is -0.120. The average molecular weight is 223 g/mol. The molecule has 0 aromatic carbocycles. The molecule has 90 valence electrons. The van der Waals surface area contributed by atoms with Crippen molar-refractivity contribution >= 4 is 5.91 Å². The van der Waals surface area contributed by atoms with Crippen LogP contribution in [0.25, 0.3) is 0 Å². The highest BCUT2D eigenvalue weighted by molar-refractivity contribution is 5.94. The maximum Gasteiger partial charge on any atom is 0.251 e. The first-order valence-corrected chi connectivity index (χ1v) is 5.99. The zero-order valence-electron chi connectivity index (χ0n) is 10.2. The summed E-state index contributed by atoms with van der Waals surface area (Å²) in [5.41, 5.74) is 6.64. The Balaban J connectivity index is 2.20. The van der Waals surface area contributed by atoms with Crippen LogP contribution < -0.4 is 11.1 Å². The van der Waals surface area contributed by atoms with Gasteiger partial charge < -0.3 is 10.2 Å². The number of carbonyl (C=O) groups excluding carboxylic acids is 1. The number of nitrogens with two attached hydrogens (primary N) is 1. The van der Waals surface area contributed by atoms with Gasteiger partial charge in [-0.25, -0.2) is 0 Å². The Morgan fingerprint density at radius 1 is 1.44 bits per heavy atom. The number of nitrogens with one attached hydrogen (secondary N) is 1. The summed E-state index contributed by atoms with van der Waals surface area (Å²) in [7, 11) is 1.90. The van der Waals surface area contributed by atoms with E-state index in [1.807, 2.05) is 18.1 Å². The highest BCUT2D eigenvalue weighted by Gasteiger charge is 2.36. The third-order valence-electron chi connectivity index (χ3n) is 3.84. The fraction of sp³-hybridized carbons (Fsp3) is 0.750. The van der Waals surface area contributed by atoms with Crippen LogP contribution in [-0.2, 0) is 4.79 Å². The van der Waals surface area contributed by atoms with E-state index in [-0.39, 0.29) is 12.2 Å². The van der Waals surface area contributed by atoms with E-state index < -0.39 is 0 Å². The molecule has 1 aliphatic carbocycles. The summed E-state index contributed by atoms with van der Waals surface area (Å²) < 4.78 is 0. The number of carbonyl (C=O) groups is 1. The van der Waals surface area contributed by atoms with Gasteiger partial charge in [-0.2, -0.15) is 0 Å². The maximum atomic E-state index is 11.9. The van der Waals surface area contributed by atoms with E-state index in [0.717, 1.165) is 17.9 Å². The van der Waals surface area contributed by atoms with Gasteiger partial charge in [0.25, 0.3) is 5.91 Å². The van der Waals surface area contributed by atoms with Crippen LogP contribution in [0.5, 0.6) is 0 Å². The summed E-state index contributed by atoms with van der Waals surface area (Å²) in [5, 5.41) is 2.79. The van der Waals surface area contributed by atoms with E-state index in [2.05, 4.69) is 19.2 Å². The molecule has 2 aliphatic rings. The minimum absolute atomic E-state index is 0.0107.